The van der Waals surface area contributed by atoms with Crippen molar-refractivity contribution in [1.29, 1.82) is 0 Å². The van der Waals surface area contributed by atoms with Crippen LogP contribution in [-0.4, -0.2) is 36.3 Å². The molecule has 1 fully saturated rings. The van der Waals surface area contributed by atoms with Crippen molar-refractivity contribution in [3.05, 3.63) is 35.4 Å². The molecule has 1 aromatic rings. The molecule has 138 valence electrons. The number of likely N-dealkylation sites (tertiary alicyclic amines) is 1. The smallest absolute Gasteiger partial charge is 0.356 e. The molecule has 4 nitrogen and oxygen atoms in total. The molecule has 2 rings (SSSR count). The molecule has 1 saturated heterocycles. The van der Waals surface area contributed by atoms with Crippen LogP contribution in [0, 0.1) is 11.8 Å². The predicted molar refractivity (Wildman–Crippen MR) is 87.9 cm³/mol. The molecule has 7 heteroatoms. The summed E-state index contributed by atoms with van der Waals surface area (Å²) in [5.41, 5.74) is -0.541. The second-order valence-electron chi connectivity index (χ2n) is 6.78. The van der Waals surface area contributed by atoms with Crippen molar-refractivity contribution in [3.8, 4) is 0 Å². The van der Waals surface area contributed by atoms with Gasteiger partial charge >= 0.3 is 6.18 Å². The molecule has 0 saturated carbocycles. The number of halogens is 3. The highest BCUT2D eigenvalue weighted by Gasteiger charge is 2.31. The zero-order valence-corrected chi connectivity index (χ0v) is 14.4. The van der Waals surface area contributed by atoms with Gasteiger partial charge in [0.2, 0.25) is 5.91 Å². The fraction of sp³-hybridized carbons (Fsp3) is 0.556. The highest BCUT2D eigenvalue weighted by Crippen LogP contribution is 2.29. The van der Waals surface area contributed by atoms with Gasteiger partial charge < -0.3 is 10.2 Å². The van der Waals surface area contributed by atoms with E-state index in [2.05, 4.69) is 5.32 Å². The van der Waals surface area contributed by atoms with Crippen molar-refractivity contribution < 1.29 is 22.8 Å². The molecule has 2 amide bonds. The number of alkyl halides is 3. The van der Waals surface area contributed by atoms with Gasteiger partial charge in [-0.05, 0) is 43.0 Å². The fourth-order valence-corrected chi connectivity index (χ4v) is 2.78. The molecule has 1 heterocycles. The number of rotatable bonds is 4. The summed E-state index contributed by atoms with van der Waals surface area (Å²) in [6.45, 7) is 5.53. The van der Waals surface area contributed by atoms with Gasteiger partial charge in [-0.25, -0.2) is 0 Å². The molecule has 1 aromatic carbocycles. The van der Waals surface area contributed by atoms with Crippen LogP contribution < -0.4 is 5.32 Å². The maximum Gasteiger partial charge on any atom is 0.416 e. The summed E-state index contributed by atoms with van der Waals surface area (Å²) < 4.78 is 37.7. The summed E-state index contributed by atoms with van der Waals surface area (Å²) in [4.78, 5) is 26.0. The molecule has 25 heavy (non-hydrogen) atoms. The van der Waals surface area contributed by atoms with Gasteiger partial charge in [-0.2, -0.15) is 13.2 Å². The quantitative estimate of drug-likeness (QED) is 0.900. The number of benzene rings is 1. The maximum absolute atomic E-state index is 12.6. The van der Waals surface area contributed by atoms with Gasteiger partial charge in [0.15, 0.2) is 0 Å². The number of piperidine rings is 1. The lowest BCUT2D eigenvalue weighted by atomic mass is 9.95. The summed E-state index contributed by atoms with van der Waals surface area (Å²) in [5.74, 6) is -0.0224. The first-order valence-electron chi connectivity index (χ1n) is 8.42. The second-order valence-corrected chi connectivity index (χ2v) is 6.78. The SMILES string of the molecule is CC(C)CNC(=O)C1CCN(C(=O)c2ccc(C(F)(F)F)cc2)CC1. The third-order valence-electron chi connectivity index (χ3n) is 4.30. The van der Waals surface area contributed by atoms with Gasteiger partial charge in [0, 0.05) is 31.1 Å². The summed E-state index contributed by atoms with van der Waals surface area (Å²) in [6.07, 6.45) is -3.28. The van der Waals surface area contributed by atoms with Crippen molar-refractivity contribution in [2.45, 2.75) is 32.9 Å². The van der Waals surface area contributed by atoms with Crippen LogP contribution in [0.15, 0.2) is 24.3 Å². The highest BCUT2D eigenvalue weighted by atomic mass is 19.4. The number of nitrogens with zero attached hydrogens (tertiary/aromatic N) is 1. The van der Waals surface area contributed by atoms with Crippen LogP contribution in [0.3, 0.4) is 0 Å². The van der Waals surface area contributed by atoms with Crippen LogP contribution >= 0.6 is 0 Å². The first-order valence-corrected chi connectivity index (χ1v) is 8.42. The van der Waals surface area contributed by atoms with Crippen LogP contribution in [-0.2, 0) is 11.0 Å². The van der Waals surface area contributed by atoms with Crippen molar-refractivity contribution >= 4 is 11.8 Å². The van der Waals surface area contributed by atoms with E-state index in [1.54, 1.807) is 4.90 Å². The molecule has 0 atom stereocenters. The van der Waals surface area contributed by atoms with E-state index < -0.39 is 11.7 Å². The molecule has 0 spiro atoms. The van der Waals surface area contributed by atoms with Gasteiger partial charge in [0.05, 0.1) is 5.56 Å². The van der Waals surface area contributed by atoms with Crippen molar-refractivity contribution in [1.82, 2.24) is 10.2 Å². The van der Waals surface area contributed by atoms with Gasteiger partial charge in [-0.15, -0.1) is 0 Å². The number of nitrogens with one attached hydrogen (secondary N) is 1. The van der Waals surface area contributed by atoms with Gasteiger partial charge in [0.1, 0.15) is 0 Å². The minimum absolute atomic E-state index is 0.00956. The first kappa shape index (κ1) is 19.3. The Balaban J connectivity index is 1.90. The zero-order valence-electron chi connectivity index (χ0n) is 14.4. The van der Waals surface area contributed by atoms with E-state index in [0.717, 1.165) is 12.1 Å². The lowest BCUT2D eigenvalue weighted by Crippen LogP contribution is -2.43. The zero-order chi connectivity index (χ0) is 18.6. The average molecular weight is 356 g/mol. The van der Waals surface area contributed by atoms with E-state index in [0.29, 0.717) is 38.4 Å². The summed E-state index contributed by atoms with van der Waals surface area (Å²) >= 11 is 0. The fourth-order valence-electron chi connectivity index (χ4n) is 2.78. The Morgan fingerprint density at radius 2 is 1.72 bits per heavy atom. The third kappa shape index (κ3) is 5.21. The molecule has 1 aliphatic rings. The van der Waals surface area contributed by atoms with E-state index in [9.17, 15) is 22.8 Å². The molecule has 1 N–H and O–H groups in total. The summed E-state index contributed by atoms with van der Waals surface area (Å²) in [7, 11) is 0. The van der Waals surface area contributed by atoms with E-state index >= 15 is 0 Å². The Morgan fingerprint density at radius 3 is 2.20 bits per heavy atom. The largest absolute Gasteiger partial charge is 0.416 e. The molecule has 0 aliphatic carbocycles. The molecular weight excluding hydrogens is 333 g/mol. The Kier molecular flexibility index (Phi) is 6.08. The van der Waals surface area contributed by atoms with Crippen LogP contribution in [0.4, 0.5) is 13.2 Å². The van der Waals surface area contributed by atoms with Gasteiger partial charge in [-0.3, -0.25) is 9.59 Å². The lowest BCUT2D eigenvalue weighted by molar-refractivity contribution is -0.137. The molecule has 0 unspecified atom stereocenters. The number of amides is 2. The third-order valence-corrected chi connectivity index (χ3v) is 4.30. The van der Waals surface area contributed by atoms with Gasteiger partial charge in [-0.1, -0.05) is 13.8 Å². The molecule has 0 radical (unpaired) electrons. The van der Waals surface area contributed by atoms with E-state index in [1.165, 1.54) is 12.1 Å². The Morgan fingerprint density at radius 1 is 1.16 bits per heavy atom. The topological polar surface area (TPSA) is 49.4 Å². The van der Waals surface area contributed by atoms with Crippen molar-refractivity contribution in [2.24, 2.45) is 11.8 Å². The maximum atomic E-state index is 12.6. The number of carbonyl (C=O) groups is 2. The monoisotopic (exact) mass is 356 g/mol. The summed E-state index contributed by atoms with van der Waals surface area (Å²) in [6, 6.07) is 4.23. The van der Waals surface area contributed by atoms with Crippen molar-refractivity contribution in [3.63, 3.8) is 0 Å². The lowest BCUT2D eigenvalue weighted by Gasteiger charge is -2.31. The van der Waals surface area contributed by atoms with Crippen LogP contribution in [0.25, 0.3) is 0 Å². The highest BCUT2D eigenvalue weighted by molar-refractivity contribution is 5.94. The minimum atomic E-state index is -4.41. The molecular formula is C18H23F3N2O2. The number of hydrogen-bond donors (Lipinski definition) is 1. The number of carbonyl (C=O) groups excluding carboxylic acids is 2. The first-order chi connectivity index (χ1) is 11.7. The predicted octanol–water partition coefficient (Wildman–Crippen LogP) is 3.33. The van der Waals surface area contributed by atoms with E-state index in [4.69, 9.17) is 0 Å². The standard InChI is InChI=1S/C18H23F3N2O2/c1-12(2)11-22-16(24)13-7-9-23(10-8-13)17(25)14-3-5-15(6-4-14)18(19,20)21/h3-6,12-13H,7-11H2,1-2H3,(H,22,24). The van der Waals surface area contributed by atoms with Crippen molar-refractivity contribution in [2.75, 3.05) is 19.6 Å². The Hall–Kier alpha value is -2.05. The molecule has 0 bridgehead atoms. The minimum Gasteiger partial charge on any atom is -0.356 e. The second kappa shape index (κ2) is 7.89. The number of hydrogen-bond acceptors (Lipinski definition) is 2. The Bertz CT molecular complexity index is 604. The summed E-state index contributed by atoms with van der Waals surface area (Å²) in [5, 5.41) is 2.90. The van der Waals surface area contributed by atoms with E-state index in [-0.39, 0.29) is 23.3 Å². The average Bonchev–Trinajstić information content (AvgIpc) is 2.58. The van der Waals surface area contributed by atoms with E-state index in [1.807, 2.05) is 13.8 Å². The molecule has 1 aliphatic heterocycles. The molecule has 0 aromatic heterocycles. The van der Waals surface area contributed by atoms with Crippen LogP contribution in [0.1, 0.15) is 42.6 Å². The van der Waals surface area contributed by atoms with Gasteiger partial charge in [0.25, 0.3) is 5.91 Å². The van der Waals surface area contributed by atoms with Crippen LogP contribution in [0.5, 0.6) is 0 Å². The Labute approximate surface area is 145 Å². The van der Waals surface area contributed by atoms with Crippen LogP contribution in [0.2, 0.25) is 0 Å². The normalized spacial score (nSPS) is 16.2.